The molecule has 2 rings (SSSR count). The van der Waals surface area contributed by atoms with Gasteiger partial charge in [-0.2, -0.15) is 0 Å². The largest absolute Gasteiger partial charge is 0.354 e. The SMILES string of the molecule is CC(C)(C)C(=O)NC[C@H](c1cccs1)S(=O)(=O)c1cccs1. The van der Waals surface area contributed by atoms with E-state index in [1.807, 2.05) is 11.4 Å². The summed E-state index contributed by atoms with van der Waals surface area (Å²) in [6.07, 6.45) is 0. The topological polar surface area (TPSA) is 63.2 Å². The fraction of sp³-hybridized carbons (Fsp3) is 0.400. The van der Waals surface area contributed by atoms with Gasteiger partial charge in [0.15, 0.2) is 9.84 Å². The summed E-state index contributed by atoms with van der Waals surface area (Å²) >= 11 is 2.59. The van der Waals surface area contributed by atoms with Crippen LogP contribution in [-0.2, 0) is 14.6 Å². The quantitative estimate of drug-likeness (QED) is 0.891. The summed E-state index contributed by atoms with van der Waals surface area (Å²) in [6, 6.07) is 6.94. The van der Waals surface area contributed by atoms with E-state index in [9.17, 15) is 13.2 Å². The van der Waals surface area contributed by atoms with Gasteiger partial charge in [-0.3, -0.25) is 4.79 Å². The van der Waals surface area contributed by atoms with Crippen molar-refractivity contribution in [1.29, 1.82) is 0 Å². The molecule has 0 saturated heterocycles. The Hall–Kier alpha value is -1.18. The van der Waals surface area contributed by atoms with E-state index in [0.29, 0.717) is 4.21 Å². The maximum Gasteiger partial charge on any atom is 0.225 e. The fourth-order valence-corrected chi connectivity index (χ4v) is 5.84. The molecule has 0 bridgehead atoms. The maximum atomic E-state index is 12.8. The minimum atomic E-state index is -3.51. The number of nitrogens with one attached hydrogen (secondary N) is 1. The molecule has 7 heteroatoms. The van der Waals surface area contributed by atoms with Crippen molar-refractivity contribution in [3.8, 4) is 0 Å². The number of carbonyl (C=O) groups excluding carboxylic acids is 1. The zero-order chi connectivity index (χ0) is 16.4. The van der Waals surface area contributed by atoms with Gasteiger partial charge in [0.2, 0.25) is 5.91 Å². The Morgan fingerprint density at radius 1 is 1.18 bits per heavy atom. The highest BCUT2D eigenvalue weighted by molar-refractivity contribution is 7.93. The predicted octanol–water partition coefficient (Wildman–Crippen LogP) is 3.49. The van der Waals surface area contributed by atoms with Gasteiger partial charge in [-0.25, -0.2) is 8.42 Å². The summed E-state index contributed by atoms with van der Waals surface area (Å²) < 4.78 is 26.0. The number of carbonyl (C=O) groups is 1. The molecule has 22 heavy (non-hydrogen) atoms. The van der Waals surface area contributed by atoms with Crippen molar-refractivity contribution < 1.29 is 13.2 Å². The minimum Gasteiger partial charge on any atom is -0.354 e. The van der Waals surface area contributed by atoms with Crippen LogP contribution in [0, 0.1) is 5.41 Å². The van der Waals surface area contributed by atoms with E-state index in [1.165, 1.54) is 22.7 Å². The van der Waals surface area contributed by atoms with Gasteiger partial charge in [-0.1, -0.05) is 32.9 Å². The number of hydrogen-bond acceptors (Lipinski definition) is 5. The lowest BCUT2D eigenvalue weighted by Gasteiger charge is -2.21. The fourth-order valence-electron chi connectivity index (χ4n) is 1.85. The van der Waals surface area contributed by atoms with E-state index >= 15 is 0 Å². The molecule has 4 nitrogen and oxygen atoms in total. The van der Waals surface area contributed by atoms with E-state index in [-0.39, 0.29) is 12.5 Å². The molecular formula is C15H19NO3S3. The van der Waals surface area contributed by atoms with Crippen LogP contribution in [0.15, 0.2) is 39.2 Å². The van der Waals surface area contributed by atoms with E-state index < -0.39 is 20.5 Å². The third kappa shape index (κ3) is 3.77. The molecule has 1 amide bonds. The predicted molar refractivity (Wildman–Crippen MR) is 91.0 cm³/mol. The lowest BCUT2D eigenvalue weighted by molar-refractivity contribution is -0.128. The second kappa shape index (κ2) is 6.52. The molecule has 2 aromatic rings. The van der Waals surface area contributed by atoms with Crippen molar-refractivity contribution in [2.75, 3.05) is 6.54 Å². The van der Waals surface area contributed by atoms with Gasteiger partial charge in [-0.05, 0) is 22.9 Å². The van der Waals surface area contributed by atoms with Gasteiger partial charge in [0, 0.05) is 16.8 Å². The van der Waals surface area contributed by atoms with Crippen LogP contribution in [0.5, 0.6) is 0 Å². The first kappa shape index (κ1) is 17.2. The third-order valence-electron chi connectivity index (χ3n) is 3.14. The Morgan fingerprint density at radius 3 is 2.32 bits per heavy atom. The number of thiophene rings is 2. The highest BCUT2D eigenvalue weighted by atomic mass is 32.2. The summed E-state index contributed by atoms with van der Waals surface area (Å²) in [6.45, 7) is 5.49. The van der Waals surface area contributed by atoms with Crippen molar-refractivity contribution >= 4 is 38.4 Å². The second-order valence-electron chi connectivity index (χ2n) is 5.94. The lowest BCUT2D eigenvalue weighted by Crippen LogP contribution is -2.38. The van der Waals surface area contributed by atoms with Gasteiger partial charge >= 0.3 is 0 Å². The normalized spacial score (nSPS) is 13.8. The molecular weight excluding hydrogens is 338 g/mol. The van der Waals surface area contributed by atoms with Gasteiger partial charge in [0.1, 0.15) is 9.46 Å². The van der Waals surface area contributed by atoms with Crippen LogP contribution in [0.1, 0.15) is 30.9 Å². The van der Waals surface area contributed by atoms with Crippen LogP contribution in [0.4, 0.5) is 0 Å². The number of rotatable bonds is 5. The highest BCUT2D eigenvalue weighted by Crippen LogP contribution is 2.33. The van der Waals surface area contributed by atoms with E-state index in [1.54, 1.807) is 44.4 Å². The van der Waals surface area contributed by atoms with Crippen LogP contribution in [0.25, 0.3) is 0 Å². The van der Waals surface area contributed by atoms with Crippen LogP contribution >= 0.6 is 22.7 Å². The first-order valence-corrected chi connectivity index (χ1v) is 10.1. The summed E-state index contributed by atoms with van der Waals surface area (Å²) in [7, 11) is -3.51. The average molecular weight is 358 g/mol. The third-order valence-corrected chi connectivity index (χ3v) is 7.79. The van der Waals surface area contributed by atoms with Crippen LogP contribution in [0.3, 0.4) is 0 Å². The molecule has 120 valence electrons. The van der Waals surface area contributed by atoms with Crippen molar-refractivity contribution in [3.05, 3.63) is 39.9 Å². The Labute approximate surface area is 139 Å². The Balaban J connectivity index is 2.28. The lowest BCUT2D eigenvalue weighted by atomic mass is 9.96. The molecule has 0 aliphatic rings. The van der Waals surface area contributed by atoms with Gasteiger partial charge in [-0.15, -0.1) is 22.7 Å². The van der Waals surface area contributed by atoms with Gasteiger partial charge in [0.25, 0.3) is 0 Å². The summed E-state index contributed by atoms with van der Waals surface area (Å²) in [4.78, 5) is 12.8. The molecule has 0 aromatic carbocycles. The Morgan fingerprint density at radius 2 is 1.82 bits per heavy atom. The average Bonchev–Trinajstić information content (AvgIpc) is 3.11. The second-order valence-corrected chi connectivity index (χ2v) is 10.2. The van der Waals surface area contributed by atoms with Crippen molar-refractivity contribution in [2.24, 2.45) is 5.41 Å². The molecule has 2 heterocycles. The zero-order valence-corrected chi connectivity index (χ0v) is 15.1. The van der Waals surface area contributed by atoms with Crippen LogP contribution in [0.2, 0.25) is 0 Å². The van der Waals surface area contributed by atoms with Crippen LogP contribution in [-0.4, -0.2) is 20.9 Å². The van der Waals surface area contributed by atoms with Crippen molar-refractivity contribution in [2.45, 2.75) is 30.2 Å². The summed E-state index contributed by atoms with van der Waals surface area (Å²) in [5.74, 6) is -0.157. The first-order valence-electron chi connectivity index (χ1n) is 6.82. The van der Waals surface area contributed by atoms with Crippen molar-refractivity contribution in [1.82, 2.24) is 5.32 Å². The monoisotopic (exact) mass is 357 g/mol. The van der Waals surface area contributed by atoms with Gasteiger partial charge in [0.05, 0.1) is 0 Å². The standard InChI is InChI=1S/C15H19NO3S3/c1-15(2,3)14(17)16-10-12(11-6-4-8-20-11)22(18,19)13-7-5-9-21-13/h4-9,12H,10H2,1-3H3,(H,16,17)/t12-/m1/s1. The Kier molecular flexibility index (Phi) is 5.09. The molecule has 0 radical (unpaired) electrons. The highest BCUT2D eigenvalue weighted by Gasteiger charge is 2.32. The van der Waals surface area contributed by atoms with Gasteiger partial charge < -0.3 is 5.32 Å². The number of hydrogen-bond donors (Lipinski definition) is 1. The molecule has 0 spiro atoms. The molecule has 0 unspecified atom stereocenters. The molecule has 0 saturated carbocycles. The minimum absolute atomic E-state index is 0.0802. The molecule has 1 N–H and O–H groups in total. The van der Waals surface area contributed by atoms with E-state index in [4.69, 9.17) is 0 Å². The molecule has 0 fully saturated rings. The maximum absolute atomic E-state index is 12.8. The smallest absolute Gasteiger partial charge is 0.225 e. The molecule has 1 atom stereocenters. The number of sulfone groups is 1. The summed E-state index contributed by atoms with van der Waals surface area (Å²) in [5, 5.41) is 5.61. The van der Waals surface area contributed by atoms with E-state index in [2.05, 4.69) is 5.32 Å². The van der Waals surface area contributed by atoms with Crippen molar-refractivity contribution in [3.63, 3.8) is 0 Å². The molecule has 0 aliphatic carbocycles. The zero-order valence-electron chi connectivity index (χ0n) is 12.7. The molecule has 0 aliphatic heterocycles. The number of amides is 1. The molecule has 2 aromatic heterocycles. The Bertz CT molecular complexity index is 711. The van der Waals surface area contributed by atoms with E-state index in [0.717, 1.165) is 4.88 Å². The van der Waals surface area contributed by atoms with Crippen LogP contribution < -0.4 is 5.32 Å². The summed E-state index contributed by atoms with van der Waals surface area (Å²) in [5.41, 5.74) is -0.549. The first-order chi connectivity index (χ1) is 10.2.